The Balaban J connectivity index is 1.97. The molecule has 1 aromatic carbocycles. The predicted octanol–water partition coefficient (Wildman–Crippen LogP) is 2.42. The molecule has 92 valence electrons. The quantitative estimate of drug-likeness (QED) is 0.865. The molecular weight excluding hydrogens is 230 g/mol. The molecule has 3 nitrogen and oxygen atoms in total. The maximum absolute atomic E-state index is 12.8. The molecule has 1 saturated carbocycles. The molecule has 5 heteroatoms. The van der Waals surface area contributed by atoms with Crippen LogP contribution in [0.3, 0.4) is 0 Å². The first-order valence-electron chi connectivity index (χ1n) is 5.51. The lowest BCUT2D eigenvalue weighted by Crippen LogP contribution is -2.26. The van der Waals surface area contributed by atoms with E-state index in [0.717, 1.165) is 18.4 Å². The summed E-state index contributed by atoms with van der Waals surface area (Å²) in [5, 5.41) is 9.73. The van der Waals surface area contributed by atoms with Crippen LogP contribution in [0.25, 0.3) is 0 Å². The molecule has 0 bridgehead atoms. The van der Waals surface area contributed by atoms with Crippen molar-refractivity contribution in [3.8, 4) is 11.5 Å². The van der Waals surface area contributed by atoms with Crippen LogP contribution in [0.2, 0.25) is 0 Å². The Hall–Kier alpha value is -1.36. The van der Waals surface area contributed by atoms with E-state index in [1.807, 2.05) is 0 Å². The van der Waals surface area contributed by atoms with Gasteiger partial charge in [-0.2, -0.15) is 0 Å². The van der Waals surface area contributed by atoms with Crippen LogP contribution in [0.1, 0.15) is 25.3 Å². The van der Waals surface area contributed by atoms with Gasteiger partial charge in [-0.15, -0.1) is 8.78 Å². The first-order chi connectivity index (χ1) is 7.93. The standard InChI is InChI=1S/C12H12F2O3/c1-7(15)11(4-5-11)8-2-3-9-10(6-8)17-12(13,14)16-9/h2-3,6-7,15H,4-5H2,1H3/t7-/m1/s1. The van der Waals surface area contributed by atoms with E-state index in [2.05, 4.69) is 9.47 Å². The lowest BCUT2D eigenvalue weighted by Gasteiger charge is -2.19. The zero-order chi connectivity index (χ0) is 12.3. The highest BCUT2D eigenvalue weighted by molar-refractivity contribution is 5.49. The Labute approximate surface area is 97.0 Å². The van der Waals surface area contributed by atoms with Gasteiger partial charge in [-0.25, -0.2) is 0 Å². The second-order valence-electron chi connectivity index (χ2n) is 4.66. The highest BCUT2D eigenvalue weighted by atomic mass is 19.3. The summed E-state index contributed by atoms with van der Waals surface area (Å²) < 4.78 is 34.4. The fraction of sp³-hybridized carbons (Fsp3) is 0.500. The number of halogens is 2. The largest absolute Gasteiger partial charge is 0.586 e. The topological polar surface area (TPSA) is 38.7 Å². The number of rotatable bonds is 2. The summed E-state index contributed by atoms with van der Waals surface area (Å²) in [6, 6.07) is 4.72. The fourth-order valence-corrected chi connectivity index (χ4v) is 2.34. The van der Waals surface area contributed by atoms with Crippen molar-refractivity contribution in [2.75, 3.05) is 0 Å². The molecule has 1 heterocycles. The zero-order valence-corrected chi connectivity index (χ0v) is 9.24. The molecule has 1 aliphatic heterocycles. The molecule has 0 saturated heterocycles. The van der Waals surface area contributed by atoms with Gasteiger partial charge in [0, 0.05) is 5.41 Å². The first-order valence-corrected chi connectivity index (χ1v) is 5.51. The van der Waals surface area contributed by atoms with Crippen LogP contribution in [-0.2, 0) is 5.41 Å². The Morgan fingerprint density at radius 1 is 1.24 bits per heavy atom. The summed E-state index contributed by atoms with van der Waals surface area (Å²) >= 11 is 0. The van der Waals surface area contributed by atoms with E-state index >= 15 is 0 Å². The summed E-state index contributed by atoms with van der Waals surface area (Å²) in [5.41, 5.74) is 0.531. The number of ether oxygens (including phenoxy) is 2. The lowest BCUT2D eigenvalue weighted by atomic mass is 9.91. The number of hydrogen-bond acceptors (Lipinski definition) is 3. The van der Waals surface area contributed by atoms with Gasteiger partial charge >= 0.3 is 6.29 Å². The van der Waals surface area contributed by atoms with Crippen molar-refractivity contribution < 1.29 is 23.4 Å². The average Bonchev–Trinajstić information content (AvgIpc) is 2.95. The monoisotopic (exact) mass is 242 g/mol. The van der Waals surface area contributed by atoms with Crippen LogP contribution in [0.5, 0.6) is 11.5 Å². The highest BCUT2D eigenvalue weighted by Crippen LogP contribution is 2.53. The Bertz CT molecular complexity index is 467. The van der Waals surface area contributed by atoms with Crippen molar-refractivity contribution in [2.24, 2.45) is 0 Å². The minimum atomic E-state index is -3.58. The third-order valence-electron chi connectivity index (χ3n) is 3.56. The summed E-state index contributed by atoms with van der Waals surface area (Å²) in [5.74, 6) is 0.0829. The smallest absolute Gasteiger partial charge is 0.395 e. The van der Waals surface area contributed by atoms with E-state index in [1.165, 1.54) is 12.1 Å². The van der Waals surface area contributed by atoms with Crippen LogP contribution in [-0.4, -0.2) is 17.5 Å². The fourth-order valence-electron chi connectivity index (χ4n) is 2.34. The Morgan fingerprint density at radius 2 is 1.88 bits per heavy atom. The van der Waals surface area contributed by atoms with Gasteiger partial charge in [0.25, 0.3) is 0 Å². The van der Waals surface area contributed by atoms with Gasteiger partial charge in [0.2, 0.25) is 0 Å². The molecule has 1 atom stereocenters. The summed E-state index contributed by atoms with van der Waals surface area (Å²) in [6.45, 7) is 1.71. The number of aliphatic hydroxyl groups excluding tert-OH is 1. The molecular formula is C12H12F2O3. The van der Waals surface area contributed by atoms with E-state index in [9.17, 15) is 13.9 Å². The first kappa shape index (κ1) is 10.8. The van der Waals surface area contributed by atoms with Crippen molar-refractivity contribution in [1.82, 2.24) is 0 Å². The summed E-state index contributed by atoms with van der Waals surface area (Å²) in [4.78, 5) is 0. The number of aliphatic hydroxyl groups is 1. The van der Waals surface area contributed by atoms with Crippen LogP contribution >= 0.6 is 0 Å². The van der Waals surface area contributed by atoms with E-state index in [1.54, 1.807) is 13.0 Å². The minimum absolute atomic E-state index is 0.0411. The number of fused-ring (bicyclic) bond motifs is 1. The molecule has 0 amide bonds. The van der Waals surface area contributed by atoms with Crippen LogP contribution in [0.4, 0.5) is 8.78 Å². The van der Waals surface area contributed by atoms with Crippen molar-refractivity contribution in [1.29, 1.82) is 0 Å². The van der Waals surface area contributed by atoms with Crippen molar-refractivity contribution in [2.45, 2.75) is 37.6 Å². The van der Waals surface area contributed by atoms with E-state index in [4.69, 9.17) is 0 Å². The zero-order valence-electron chi connectivity index (χ0n) is 9.24. The SMILES string of the molecule is C[C@@H](O)C1(c2ccc3c(c2)OC(F)(F)O3)CC1. The maximum atomic E-state index is 12.8. The molecule has 17 heavy (non-hydrogen) atoms. The Kier molecular flexibility index (Phi) is 1.96. The molecule has 0 aromatic heterocycles. The third-order valence-corrected chi connectivity index (χ3v) is 3.56. The van der Waals surface area contributed by atoms with E-state index in [0.29, 0.717) is 0 Å². The number of hydrogen-bond donors (Lipinski definition) is 1. The van der Waals surface area contributed by atoms with Crippen molar-refractivity contribution >= 4 is 0 Å². The second-order valence-corrected chi connectivity index (χ2v) is 4.66. The van der Waals surface area contributed by atoms with Crippen molar-refractivity contribution in [3.05, 3.63) is 23.8 Å². The maximum Gasteiger partial charge on any atom is 0.586 e. The molecule has 1 N–H and O–H groups in total. The molecule has 1 aliphatic carbocycles. The molecule has 0 spiro atoms. The van der Waals surface area contributed by atoms with E-state index in [-0.39, 0.29) is 16.9 Å². The van der Waals surface area contributed by atoms with Gasteiger partial charge < -0.3 is 14.6 Å². The number of alkyl halides is 2. The summed E-state index contributed by atoms with van der Waals surface area (Å²) in [7, 11) is 0. The minimum Gasteiger partial charge on any atom is -0.395 e. The molecule has 1 aromatic rings. The lowest BCUT2D eigenvalue weighted by molar-refractivity contribution is -0.286. The molecule has 0 radical (unpaired) electrons. The molecule has 2 aliphatic rings. The van der Waals surface area contributed by atoms with Gasteiger partial charge in [0.1, 0.15) is 0 Å². The predicted molar refractivity (Wildman–Crippen MR) is 55.2 cm³/mol. The third kappa shape index (κ3) is 1.57. The van der Waals surface area contributed by atoms with Crippen LogP contribution in [0.15, 0.2) is 18.2 Å². The molecule has 3 rings (SSSR count). The normalized spacial score (nSPS) is 24.5. The molecule has 0 unspecified atom stereocenters. The Morgan fingerprint density at radius 3 is 2.47 bits per heavy atom. The van der Waals surface area contributed by atoms with Gasteiger partial charge in [0.15, 0.2) is 11.5 Å². The number of benzene rings is 1. The van der Waals surface area contributed by atoms with Gasteiger partial charge in [-0.3, -0.25) is 0 Å². The average molecular weight is 242 g/mol. The van der Waals surface area contributed by atoms with Crippen LogP contribution < -0.4 is 9.47 Å². The van der Waals surface area contributed by atoms with Gasteiger partial charge in [-0.05, 0) is 37.5 Å². The summed E-state index contributed by atoms with van der Waals surface area (Å²) in [6.07, 6.45) is -2.35. The highest BCUT2D eigenvalue weighted by Gasteiger charge is 2.50. The second kappa shape index (κ2) is 3.10. The molecule has 1 fully saturated rings. The van der Waals surface area contributed by atoms with Crippen molar-refractivity contribution in [3.63, 3.8) is 0 Å². The van der Waals surface area contributed by atoms with Crippen LogP contribution in [0, 0.1) is 0 Å². The van der Waals surface area contributed by atoms with E-state index < -0.39 is 12.4 Å². The van der Waals surface area contributed by atoms with Gasteiger partial charge in [0.05, 0.1) is 6.10 Å². The van der Waals surface area contributed by atoms with Gasteiger partial charge in [-0.1, -0.05) is 6.07 Å².